The minimum absolute atomic E-state index is 0.764. The van der Waals surface area contributed by atoms with Crippen molar-refractivity contribution in [2.45, 2.75) is 12.8 Å². The van der Waals surface area contributed by atoms with Gasteiger partial charge in [-0.2, -0.15) is 4.98 Å². The van der Waals surface area contributed by atoms with Gasteiger partial charge in [0, 0.05) is 17.6 Å². The van der Waals surface area contributed by atoms with Crippen molar-refractivity contribution in [2.75, 3.05) is 18.0 Å². The summed E-state index contributed by atoms with van der Waals surface area (Å²) >= 11 is 3.42. The van der Waals surface area contributed by atoms with Crippen molar-refractivity contribution in [3.63, 3.8) is 0 Å². The average molecular weight is 267 g/mol. The first-order valence-electron chi connectivity index (χ1n) is 5.14. The second kappa shape index (κ2) is 3.52. The van der Waals surface area contributed by atoms with Gasteiger partial charge in [0.15, 0.2) is 5.58 Å². The molecule has 0 saturated carbocycles. The molecule has 0 amide bonds. The Labute approximate surface area is 96.2 Å². The van der Waals surface area contributed by atoms with E-state index in [-0.39, 0.29) is 0 Å². The summed E-state index contributed by atoms with van der Waals surface area (Å²) in [6.45, 7) is 2.13. The molecule has 15 heavy (non-hydrogen) atoms. The molecule has 2 heterocycles. The van der Waals surface area contributed by atoms with Crippen LogP contribution in [-0.4, -0.2) is 18.1 Å². The topological polar surface area (TPSA) is 29.3 Å². The molecule has 1 saturated heterocycles. The summed E-state index contributed by atoms with van der Waals surface area (Å²) in [6.07, 6.45) is 2.48. The zero-order valence-corrected chi connectivity index (χ0v) is 9.83. The maximum atomic E-state index is 5.72. The smallest absolute Gasteiger partial charge is 0.298 e. The summed E-state index contributed by atoms with van der Waals surface area (Å²) in [5.74, 6) is 0. The van der Waals surface area contributed by atoms with Gasteiger partial charge in [-0.05, 0) is 31.0 Å². The van der Waals surface area contributed by atoms with Crippen LogP contribution in [0.2, 0.25) is 0 Å². The van der Waals surface area contributed by atoms with E-state index in [0.717, 1.165) is 34.7 Å². The second-order valence-electron chi connectivity index (χ2n) is 3.80. The molecule has 0 radical (unpaired) electrons. The Morgan fingerprint density at radius 2 is 2.07 bits per heavy atom. The lowest BCUT2D eigenvalue weighted by Crippen LogP contribution is -2.17. The van der Waals surface area contributed by atoms with Crippen molar-refractivity contribution >= 4 is 33.0 Å². The average Bonchev–Trinajstić information content (AvgIpc) is 2.84. The number of aromatic nitrogens is 1. The molecule has 78 valence electrons. The van der Waals surface area contributed by atoms with Gasteiger partial charge in [0.05, 0.1) is 0 Å². The van der Waals surface area contributed by atoms with Crippen LogP contribution in [-0.2, 0) is 0 Å². The predicted molar refractivity (Wildman–Crippen MR) is 63.2 cm³/mol. The van der Waals surface area contributed by atoms with Crippen LogP contribution in [0.4, 0.5) is 6.01 Å². The molecule has 0 unspecified atom stereocenters. The van der Waals surface area contributed by atoms with Gasteiger partial charge in [-0.1, -0.05) is 15.9 Å². The largest absolute Gasteiger partial charge is 0.423 e. The van der Waals surface area contributed by atoms with E-state index in [4.69, 9.17) is 4.42 Å². The quantitative estimate of drug-likeness (QED) is 0.794. The highest BCUT2D eigenvalue weighted by molar-refractivity contribution is 9.10. The molecule has 3 nitrogen and oxygen atoms in total. The van der Waals surface area contributed by atoms with Crippen molar-refractivity contribution in [2.24, 2.45) is 0 Å². The molecule has 1 aliphatic rings. The molecule has 1 fully saturated rings. The molecule has 0 atom stereocenters. The number of hydrogen-bond donors (Lipinski definition) is 0. The minimum Gasteiger partial charge on any atom is -0.423 e. The van der Waals surface area contributed by atoms with Crippen LogP contribution in [0.5, 0.6) is 0 Å². The molecule has 0 bridgehead atoms. The fraction of sp³-hybridized carbons (Fsp3) is 0.364. The molecular formula is C11H11BrN2O. The first kappa shape index (κ1) is 9.21. The van der Waals surface area contributed by atoms with Crippen LogP contribution in [0.1, 0.15) is 12.8 Å². The minimum atomic E-state index is 0.764. The summed E-state index contributed by atoms with van der Waals surface area (Å²) < 4.78 is 6.74. The number of hydrogen-bond acceptors (Lipinski definition) is 3. The molecule has 1 aliphatic heterocycles. The number of benzene rings is 1. The summed E-state index contributed by atoms with van der Waals surface area (Å²) in [7, 11) is 0. The molecule has 4 heteroatoms. The van der Waals surface area contributed by atoms with E-state index < -0.39 is 0 Å². The predicted octanol–water partition coefficient (Wildman–Crippen LogP) is 3.19. The monoisotopic (exact) mass is 266 g/mol. The standard InChI is InChI=1S/C11H11BrN2O/c12-8-3-4-9-10(7-8)15-11(13-9)14-5-1-2-6-14/h3-4,7H,1-2,5-6H2. The first-order valence-corrected chi connectivity index (χ1v) is 5.93. The zero-order valence-electron chi connectivity index (χ0n) is 8.24. The lowest BCUT2D eigenvalue weighted by Gasteiger charge is -2.10. The Hall–Kier alpha value is -1.03. The van der Waals surface area contributed by atoms with E-state index in [0.29, 0.717) is 0 Å². The molecule has 0 spiro atoms. The summed E-state index contributed by atoms with van der Waals surface area (Å²) in [5.41, 5.74) is 1.78. The maximum Gasteiger partial charge on any atom is 0.298 e. The van der Waals surface area contributed by atoms with Gasteiger partial charge in [0.1, 0.15) is 5.52 Å². The first-order chi connectivity index (χ1) is 7.33. The van der Waals surface area contributed by atoms with Crippen LogP contribution in [0.15, 0.2) is 27.1 Å². The van der Waals surface area contributed by atoms with Gasteiger partial charge in [0.25, 0.3) is 6.01 Å². The number of halogens is 1. The van der Waals surface area contributed by atoms with E-state index in [9.17, 15) is 0 Å². The number of anilines is 1. The van der Waals surface area contributed by atoms with E-state index in [2.05, 4.69) is 25.8 Å². The van der Waals surface area contributed by atoms with E-state index in [1.165, 1.54) is 12.8 Å². The van der Waals surface area contributed by atoms with Crippen molar-refractivity contribution in [1.29, 1.82) is 0 Å². The third-order valence-electron chi connectivity index (χ3n) is 2.72. The Balaban J connectivity index is 2.05. The van der Waals surface area contributed by atoms with E-state index in [1.807, 2.05) is 18.2 Å². The van der Waals surface area contributed by atoms with Gasteiger partial charge < -0.3 is 9.32 Å². The maximum absolute atomic E-state index is 5.72. The summed E-state index contributed by atoms with van der Waals surface area (Å²) in [4.78, 5) is 6.68. The Morgan fingerprint density at radius 3 is 2.87 bits per heavy atom. The summed E-state index contributed by atoms with van der Waals surface area (Å²) in [6, 6.07) is 6.68. The zero-order chi connectivity index (χ0) is 10.3. The number of rotatable bonds is 1. The number of oxazole rings is 1. The SMILES string of the molecule is Brc1ccc2nc(N3CCCC3)oc2c1. The molecule has 3 rings (SSSR count). The van der Waals surface area contributed by atoms with Crippen molar-refractivity contribution in [3.8, 4) is 0 Å². The Kier molecular flexibility index (Phi) is 2.16. The van der Waals surface area contributed by atoms with Crippen LogP contribution in [0, 0.1) is 0 Å². The highest BCUT2D eigenvalue weighted by Crippen LogP contribution is 2.26. The molecule has 2 aromatic rings. The van der Waals surface area contributed by atoms with Gasteiger partial charge in [0.2, 0.25) is 0 Å². The fourth-order valence-electron chi connectivity index (χ4n) is 1.93. The van der Waals surface area contributed by atoms with Gasteiger partial charge in [-0.25, -0.2) is 0 Å². The molecule has 0 N–H and O–H groups in total. The van der Waals surface area contributed by atoms with Crippen molar-refractivity contribution < 1.29 is 4.42 Å². The highest BCUT2D eigenvalue weighted by atomic mass is 79.9. The Morgan fingerprint density at radius 1 is 1.27 bits per heavy atom. The number of nitrogens with zero attached hydrogens (tertiary/aromatic N) is 2. The van der Waals surface area contributed by atoms with E-state index in [1.54, 1.807) is 0 Å². The summed E-state index contributed by atoms with van der Waals surface area (Å²) in [5, 5.41) is 0. The highest BCUT2D eigenvalue weighted by Gasteiger charge is 2.17. The number of fused-ring (bicyclic) bond motifs is 1. The van der Waals surface area contributed by atoms with E-state index >= 15 is 0 Å². The normalized spacial score (nSPS) is 16.5. The van der Waals surface area contributed by atoms with Crippen molar-refractivity contribution in [3.05, 3.63) is 22.7 Å². The fourth-order valence-corrected chi connectivity index (χ4v) is 2.27. The third kappa shape index (κ3) is 1.63. The van der Waals surface area contributed by atoms with Gasteiger partial charge in [-0.15, -0.1) is 0 Å². The molecule has 1 aromatic heterocycles. The van der Waals surface area contributed by atoms with Crippen LogP contribution in [0.3, 0.4) is 0 Å². The van der Waals surface area contributed by atoms with Crippen LogP contribution < -0.4 is 4.90 Å². The lowest BCUT2D eigenvalue weighted by molar-refractivity contribution is 0.585. The lowest BCUT2D eigenvalue weighted by atomic mass is 10.3. The Bertz CT molecular complexity index is 488. The third-order valence-corrected chi connectivity index (χ3v) is 3.21. The molecule has 1 aromatic carbocycles. The van der Waals surface area contributed by atoms with Crippen LogP contribution >= 0.6 is 15.9 Å². The van der Waals surface area contributed by atoms with Crippen molar-refractivity contribution in [1.82, 2.24) is 4.98 Å². The molecule has 0 aliphatic carbocycles. The van der Waals surface area contributed by atoms with Gasteiger partial charge >= 0.3 is 0 Å². The second-order valence-corrected chi connectivity index (χ2v) is 4.72. The van der Waals surface area contributed by atoms with Crippen LogP contribution in [0.25, 0.3) is 11.1 Å². The van der Waals surface area contributed by atoms with Gasteiger partial charge in [-0.3, -0.25) is 0 Å². The molecular weight excluding hydrogens is 256 g/mol.